The van der Waals surface area contributed by atoms with E-state index in [0.717, 1.165) is 35.4 Å². The Labute approximate surface area is 201 Å². The van der Waals surface area contributed by atoms with Crippen molar-refractivity contribution in [2.75, 3.05) is 27.2 Å². The van der Waals surface area contributed by atoms with Gasteiger partial charge in [-0.3, -0.25) is 0 Å². The molecule has 0 heterocycles. The predicted octanol–water partition coefficient (Wildman–Crippen LogP) is 7.97. The Morgan fingerprint density at radius 1 is 0.939 bits per heavy atom. The Kier molecular flexibility index (Phi) is 11.8. The van der Waals surface area contributed by atoms with Crippen molar-refractivity contribution in [2.45, 2.75) is 32.6 Å². The van der Waals surface area contributed by atoms with Gasteiger partial charge in [0.2, 0.25) is 0 Å². The van der Waals surface area contributed by atoms with Crippen molar-refractivity contribution >= 4 is 11.1 Å². The van der Waals surface area contributed by atoms with Crippen LogP contribution in [-0.4, -0.2) is 32.1 Å². The lowest BCUT2D eigenvalue weighted by Crippen LogP contribution is -2.19. The monoisotopic (exact) mass is 441 g/mol. The van der Waals surface area contributed by atoms with Crippen LogP contribution in [-0.2, 0) is 0 Å². The van der Waals surface area contributed by atoms with Gasteiger partial charge in [-0.1, -0.05) is 106 Å². The Balaban J connectivity index is 2.54. The van der Waals surface area contributed by atoms with Crippen molar-refractivity contribution in [3.8, 4) is 5.75 Å². The Morgan fingerprint density at radius 2 is 1.67 bits per heavy atom. The zero-order chi connectivity index (χ0) is 23.9. The van der Waals surface area contributed by atoms with Crippen LogP contribution < -0.4 is 4.74 Å². The fourth-order valence-corrected chi connectivity index (χ4v) is 3.58. The molecule has 33 heavy (non-hydrogen) atoms. The number of allylic oxidation sites excluding steroid dienone is 8. The lowest BCUT2D eigenvalue weighted by atomic mass is 9.88. The molecule has 0 bridgehead atoms. The van der Waals surface area contributed by atoms with Crippen LogP contribution >= 0.6 is 0 Å². The minimum atomic E-state index is 0.666. The molecule has 0 aliphatic heterocycles. The van der Waals surface area contributed by atoms with Gasteiger partial charge < -0.3 is 9.64 Å². The van der Waals surface area contributed by atoms with Crippen molar-refractivity contribution in [3.63, 3.8) is 0 Å². The first-order valence-corrected chi connectivity index (χ1v) is 11.9. The normalized spacial score (nSPS) is 12.7. The average molecular weight is 442 g/mol. The molecule has 2 aromatic rings. The van der Waals surface area contributed by atoms with Crippen LogP contribution in [0.3, 0.4) is 0 Å². The molecule has 2 heteroatoms. The summed E-state index contributed by atoms with van der Waals surface area (Å²) >= 11 is 0. The molecule has 0 fully saturated rings. The van der Waals surface area contributed by atoms with Crippen molar-refractivity contribution in [1.82, 2.24) is 4.90 Å². The second-order valence-electron chi connectivity index (χ2n) is 8.29. The molecule has 2 aromatic carbocycles. The first kappa shape index (κ1) is 26.2. The minimum Gasteiger partial charge on any atom is -0.492 e. The van der Waals surface area contributed by atoms with Gasteiger partial charge in [-0.15, -0.1) is 0 Å². The molecule has 2 nitrogen and oxygen atoms in total. The van der Waals surface area contributed by atoms with Crippen molar-refractivity contribution in [2.24, 2.45) is 0 Å². The van der Waals surface area contributed by atoms with Crippen LogP contribution in [0.4, 0.5) is 0 Å². The predicted molar refractivity (Wildman–Crippen MR) is 146 cm³/mol. The van der Waals surface area contributed by atoms with E-state index in [1.54, 1.807) is 0 Å². The molecule has 0 N–H and O–H groups in total. The van der Waals surface area contributed by atoms with E-state index in [9.17, 15) is 0 Å². The van der Waals surface area contributed by atoms with E-state index in [1.165, 1.54) is 30.4 Å². The van der Waals surface area contributed by atoms with Gasteiger partial charge in [0.25, 0.3) is 0 Å². The summed E-state index contributed by atoms with van der Waals surface area (Å²) in [5, 5.41) is 0. The first-order valence-electron chi connectivity index (χ1n) is 11.9. The number of ether oxygens (including phenoxy) is 1. The van der Waals surface area contributed by atoms with Gasteiger partial charge in [0.05, 0.1) is 0 Å². The highest BCUT2D eigenvalue weighted by Crippen LogP contribution is 2.35. The zero-order valence-electron chi connectivity index (χ0n) is 20.6. The van der Waals surface area contributed by atoms with Gasteiger partial charge >= 0.3 is 0 Å². The molecule has 0 amide bonds. The fraction of sp³-hybridized carbons (Fsp3) is 0.290. The van der Waals surface area contributed by atoms with E-state index in [2.05, 4.69) is 79.6 Å². The molecule has 0 saturated heterocycles. The summed E-state index contributed by atoms with van der Waals surface area (Å²) in [6.07, 6.45) is 15.1. The Hall–Kier alpha value is -3.10. The highest BCUT2D eigenvalue weighted by molar-refractivity contribution is 6.03. The van der Waals surface area contributed by atoms with E-state index in [4.69, 9.17) is 4.74 Å². The van der Waals surface area contributed by atoms with E-state index in [-0.39, 0.29) is 0 Å². The summed E-state index contributed by atoms with van der Waals surface area (Å²) in [6, 6.07) is 18.9. The number of unbranched alkanes of at least 4 members (excludes halogenated alkanes) is 3. The smallest absolute Gasteiger partial charge is 0.119 e. The number of nitrogens with zero attached hydrogens (tertiary/aromatic N) is 1. The molecule has 174 valence electrons. The van der Waals surface area contributed by atoms with Crippen LogP contribution in [0.2, 0.25) is 0 Å². The molecule has 0 atom stereocenters. The second-order valence-corrected chi connectivity index (χ2v) is 8.29. The molecule has 0 spiro atoms. The van der Waals surface area contributed by atoms with Crippen molar-refractivity contribution in [3.05, 3.63) is 115 Å². The highest BCUT2D eigenvalue weighted by Gasteiger charge is 2.13. The van der Waals surface area contributed by atoms with Crippen LogP contribution in [0.1, 0.15) is 43.7 Å². The molecule has 0 radical (unpaired) electrons. The van der Waals surface area contributed by atoms with Gasteiger partial charge in [0, 0.05) is 6.54 Å². The van der Waals surface area contributed by atoms with Crippen LogP contribution in [0.25, 0.3) is 11.1 Å². The highest BCUT2D eigenvalue weighted by atomic mass is 16.5. The molecule has 0 aromatic heterocycles. The Bertz CT molecular complexity index is 946. The summed E-state index contributed by atoms with van der Waals surface area (Å²) in [7, 11) is 4.10. The van der Waals surface area contributed by atoms with E-state index < -0.39 is 0 Å². The molecular weight excluding hydrogens is 402 g/mol. The quantitative estimate of drug-likeness (QED) is 0.167. The topological polar surface area (TPSA) is 12.5 Å². The summed E-state index contributed by atoms with van der Waals surface area (Å²) in [5.41, 5.74) is 5.68. The third kappa shape index (κ3) is 8.75. The van der Waals surface area contributed by atoms with Gasteiger partial charge in [-0.05, 0) is 66.9 Å². The molecule has 0 saturated carbocycles. The SMILES string of the molecule is C=C/C=C(C=C)/C(=C(\C=C/CCCCC)c1ccccc1)c1ccc(OCCN(C)C)cc1. The Morgan fingerprint density at radius 3 is 2.27 bits per heavy atom. The molecule has 0 aliphatic carbocycles. The first-order chi connectivity index (χ1) is 16.1. The van der Waals surface area contributed by atoms with Gasteiger partial charge in [0.15, 0.2) is 0 Å². The maximum Gasteiger partial charge on any atom is 0.119 e. The summed E-state index contributed by atoms with van der Waals surface area (Å²) in [6.45, 7) is 11.8. The lowest BCUT2D eigenvalue weighted by molar-refractivity contribution is 0.261. The van der Waals surface area contributed by atoms with E-state index >= 15 is 0 Å². The minimum absolute atomic E-state index is 0.666. The van der Waals surface area contributed by atoms with Gasteiger partial charge in [-0.25, -0.2) is 0 Å². The number of hydrogen-bond acceptors (Lipinski definition) is 2. The maximum absolute atomic E-state index is 5.91. The second kappa shape index (κ2) is 14.9. The third-order valence-electron chi connectivity index (χ3n) is 5.37. The van der Waals surface area contributed by atoms with Crippen LogP contribution in [0.15, 0.2) is 104 Å². The number of likely N-dealkylation sites (N-methyl/N-ethyl adjacent to an activating group) is 1. The van der Waals surface area contributed by atoms with Gasteiger partial charge in [0.1, 0.15) is 12.4 Å². The zero-order valence-corrected chi connectivity index (χ0v) is 20.6. The maximum atomic E-state index is 5.91. The molecular formula is C31H39NO. The van der Waals surface area contributed by atoms with E-state index in [0.29, 0.717) is 6.61 Å². The molecule has 0 unspecified atom stereocenters. The summed E-state index contributed by atoms with van der Waals surface area (Å²) < 4.78 is 5.91. The number of rotatable bonds is 14. The average Bonchev–Trinajstić information content (AvgIpc) is 2.83. The largest absolute Gasteiger partial charge is 0.492 e. The molecule has 0 aliphatic rings. The third-order valence-corrected chi connectivity index (χ3v) is 5.37. The molecule has 2 rings (SSSR count). The number of hydrogen-bond donors (Lipinski definition) is 0. The van der Waals surface area contributed by atoms with Crippen molar-refractivity contribution in [1.29, 1.82) is 0 Å². The summed E-state index contributed by atoms with van der Waals surface area (Å²) in [4.78, 5) is 2.12. The fourth-order valence-electron chi connectivity index (χ4n) is 3.58. The van der Waals surface area contributed by atoms with Gasteiger partial charge in [-0.2, -0.15) is 0 Å². The standard InChI is InChI=1S/C31H39NO/c1-6-9-10-11-15-19-30(27-17-13-12-14-18-27)31(26(8-3)16-7-2)28-20-22-29(23-21-28)33-25-24-32(4)5/h7-8,12-23H,2-3,6,9-11,24-25H2,1,4-5H3/b19-15-,26-16+,31-30-. The number of benzene rings is 2. The van der Waals surface area contributed by atoms with Crippen LogP contribution in [0.5, 0.6) is 5.75 Å². The summed E-state index contributed by atoms with van der Waals surface area (Å²) in [5.74, 6) is 0.879. The van der Waals surface area contributed by atoms with Crippen molar-refractivity contribution < 1.29 is 4.74 Å². The lowest BCUT2D eigenvalue weighted by Gasteiger charge is -2.17. The van der Waals surface area contributed by atoms with E-state index in [1.807, 2.05) is 44.5 Å². The van der Waals surface area contributed by atoms with Crippen LogP contribution in [0, 0.1) is 0 Å².